The molecule has 4 heterocycles. The van der Waals surface area contributed by atoms with E-state index in [1.54, 1.807) is 19.5 Å². The molecule has 11 heteroatoms. The van der Waals surface area contributed by atoms with E-state index in [1.807, 2.05) is 30.3 Å². The molecule has 6 rings (SSSR count). The third kappa shape index (κ3) is 5.33. The molecule has 2 aromatic carbocycles. The lowest BCUT2D eigenvalue weighted by Crippen LogP contribution is -2.65. The number of likely N-dealkylation sites (tertiary alicyclic amines) is 1. The average Bonchev–Trinajstić information content (AvgIpc) is 2.88. The van der Waals surface area contributed by atoms with Crippen LogP contribution in [0.15, 0.2) is 42.6 Å². The SMILES string of the molecule is Cc1cc(Nc2ncc(Cl)c(Nc3ccccc3P(C)(C)=O)n2)cc2c1N1CCN(C3CN(C)C3)C[C@@H]1CO2. The number of hydrogen-bond acceptors (Lipinski definition) is 9. The van der Waals surface area contributed by atoms with Crippen LogP contribution in [0.2, 0.25) is 5.02 Å². The van der Waals surface area contributed by atoms with Crippen LogP contribution < -0.4 is 25.6 Å². The van der Waals surface area contributed by atoms with Gasteiger partial charge < -0.3 is 29.7 Å². The number of nitrogens with one attached hydrogen (secondary N) is 2. The van der Waals surface area contributed by atoms with Crippen molar-refractivity contribution in [2.75, 3.05) is 75.2 Å². The largest absolute Gasteiger partial charge is 0.489 e. The highest BCUT2D eigenvalue weighted by atomic mass is 35.5. The molecular formula is C28H35ClN7O2P. The summed E-state index contributed by atoms with van der Waals surface area (Å²) in [5.41, 5.74) is 3.90. The number of aromatic nitrogens is 2. The number of rotatable bonds is 6. The number of nitrogens with zero attached hydrogens (tertiary/aromatic N) is 5. The number of benzene rings is 2. The molecule has 1 aromatic heterocycles. The molecule has 0 amide bonds. The van der Waals surface area contributed by atoms with E-state index >= 15 is 0 Å². The van der Waals surface area contributed by atoms with Crippen molar-refractivity contribution in [1.29, 1.82) is 0 Å². The van der Waals surface area contributed by atoms with Crippen molar-refractivity contribution in [3.63, 3.8) is 0 Å². The maximum Gasteiger partial charge on any atom is 0.229 e. The number of anilines is 5. The van der Waals surface area contributed by atoms with Gasteiger partial charge in [0.1, 0.15) is 24.5 Å². The molecule has 0 aliphatic carbocycles. The first-order chi connectivity index (χ1) is 18.7. The minimum absolute atomic E-state index is 0.368. The van der Waals surface area contributed by atoms with E-state index in [-0.39, 0.29) is 0 Å². The Morgan fingerprint density at radius 2 is 1.87 bits per heavy atom. The Labute approximate surface area is 234 Å². The molecule has 0 bridgehead atoms. The molecule has 0 unspecified atom stereocenters. The highest BCUT2D eigenvalue weighted by molar-refractivity contribution is 7.70. The van der Waals surface area contributed by atoms with E-state index in [2.05, 4.69) is 55.3 Å². The van der Waals surface area contributed by atoms with Crippen LogP contribution in [0.4, 0.5) is 28.8 Å². The number of aryl methyl sites for hydroxylation is 1. The van der Waals surface area contributed by atoms with Gasteiger partial charge in [0.05, 0.1) is 23.6 Å². The van der Waals surface area contributed by atoms with Gasteiger partial charge in [-0.05, 0) is 51.1 Å². The van der Waals surface area contributed by atoms with Crippen LogP contribution >= 0.6 is 18.7 Å². The van der Waals surface area contributed by atoms with Gasteiger partial charge in [0.25, 0.3) is 0 Å². The number of para-hydroxylation sites is 1. The minimum Gasteiger partial charge on any atom is -0.489 e. The molecule has 0 radical (unpaired) electrons. The van der Waals surface area contributed by atoms with Gasteiger partial charge in [0.15, 0.2) is 5.82 Å². The first kappa shape index (κ1) is 26.4. The molecule has 2 N–H and O–H groups in total. The number of hydrogen-bond donors (Lipinski definition) is 2. The van der Waals surface area contributed by atoms with Crippen LogP contribution in [0, 0.1) is 6.92 Å². The van der Waals surface area contributed by atoms with Crippen molar-refractivity contribution in [1.82, 2.24) is 19.8 Å². The van der Waals surface area contributed by atoms with Gasteiger partial charge in [-0.3, -0.25) is 4.90 Å². The number of fused-ring (bicyclic) bond motifs is 3. The van der Waals surface area contributed by atoms with Crippen molar-refractivity contribution < 1.29 is 9.30 Å². The highest BCUT2D eigenvalue weighted by Gasteiger charge is 2.38. The predicted molar refractivity (Wildman–Crippen MR) is 160 cm³/mol. The van der Waals surface area contributed by atoms with E-state index in [0.717, 1.165) is 60.7 Å². The van der Waals surface area contributed by atoms with E-state index in [9.17, 15) is 4.57 Å². The molecule has 1 atom stereocenters. The van der Waals surface area contributed by atoms with Crippen LogP contribution in [0.3, 0.4) is 0 Å². The Balaban J connectivity index is 1.20. The fourth-order valence-corrected chi connectivity index (χ4v) is 7.14. The number of ether oxygens (including phenoxy) is 1. The van der Waals surface area contributed by atoms with E-state index < -0.39 is 7.14 Å². The molecule has 39 heavy (non-hydrogen) atoms. The highest BCUT2D eigenvalue weighted by Crippen LogP contribution is 2.42. The lowest BCUT2D eigenvalue weighted by Gasteiger charge is -2.51. The van der Waals surface area contributed by atoms with E-state index in [1.165, 1.54) is 5.69 Å². The summed E-state index contributed by atoms with van der Waals surface area (Å²) in [7, 11) is -0.314. The molecular weight excluding hydrogens is 533 g/mol. The second-order valence-electron chi connectivity index (χ2n) is 11.2. The van der Waals surface area contributed by atoms with Crippen molar-refractivity contribution in [3.8, 4) is 5.75 Å². The fourth-order valence-electron chi connectivity index (χ4n) is 5.85. The summed E-state index contributed by atoms with van der Waals surface area (Å²) in [6.07, 6.45) is 1.56. The van der Waals surface area contributed by atoms with Crippen LogP contribution in [-0.4, -0.2) is 91.6 Å². The van der Waals surface area contributed by atoms with Gasteiger partial charge in [0.2, 0.25) is 5.95 Å². The second-order valence-corrected chi connectivity index (χ2v) is 14.8. The Hall–Kier alpha value is -2.84. The molecule has 3 aliphatic heterocycles. The average molecular weight is 568 g/mol. The summed E-state index contributed by atoms with van der Waals surface area (Å²) in [4.78, 5) is 16.5. The Bertz CT molecular complexity index is 1440. The zero-order valence-electron chi connectivity index (χ0n) is 22.8. The summed E-state index contributed by atoms with van der Waals surface area (Å²) in [5, 5.41) is 7.70. The minimum atomic E-state index is -2.50. The summed E-state index contributed by atoms with van der Waals surface area (Å²) >= 11 is 6.43. The van der Waals surface area contributed by atoms with E-state index in [0.29, 0.717) is 35.5 Å². The molecule has 206 valence electrons. The van der Waals surface area contributed by atoms with Gasteiger partial charge >= 0.3 is 0 Å². The normalized spacial score (nSPS) is 20.0. The third-order valence-corrected chi connectivity index (χ3v) is 9.62. The van der Waals surface area contributed by atoms with Crippen LogP contribution in [0.1, 0.15) is 5.56 Å². The topological polar surface area (TPSA) is 85.9 Å². The fraction of sp³-hybridized carbons (Fsp3) is 0.429. The summed E-state index contributed by atoms with van der Waals surface area (Å²) in [6, 6.07) is 12.7. The second kappa shape index (κ2) is 10.3. The monoisotopic (exact) mass is 567 g/mol. The Morgan fingerprint density at radius 3 is 2.64 bits per heavy atom. The molecule has 2 fully saturated rings. The van der Waals surface area contributed by atoms with Crippen LogP contribution in [0.25, 0.3) is 0 Å². The molecule has 2 saturated heterocycles. The van der Waals surface area contributed by atoms with Gasteiger partial charge in [-0.15, -0.1) is 0 Å². The molecule has 3 aliphatic rings. The molecule has 0 saturated carbocycles. The third-order valence-electron chi connectivity index (χ3n) is 7.80. The molecule has 0 spiro atoms. The van der Waals surface area contributed by atoms with Crippen molar-refractivity contribution in [2.24, 2.45) is 0 Å². The predicted octanol–water partition coefficient (Wildman–Crippen LogP) is 4.37. The Morgan fingerprint density at radius 1 is 1.08 bits per heavy atom. The zero-order chi connectivity index (χ0) is 27.3. The molecule has 3 aromatic rings. The standard InChI is InChI=1S/C28H35ClN7O2P/c1-18-11-19(12-24-26(18)36-10-9-35(16-21(36)17-38-24)20-14-34(2)15-20)31-28-30-13-22(29)27(33-28)32-23-7-5-6-8-25(23)39(3,4)37/h5-8,11-13,20-21H,9-10,14-17H2,1-4H3,(H2,30,31,32,33)/t21-/m1/s1. The van der Waals surface area contributed by atoms with Crippen molar-refractivity contribution in [3.05, 3.63) is 53.2 Å². The molecule has 9 nitrogen and oxygen atoms in total. The van der Waals surface area contributed by atoms with Crippen LogP contribution in [0.5, 0.6) is 5.75 Å². The summed E-state index contributed by atoms with van der Waals surface area (Å²) < 4.78 is 19.1. The smallest absolute Gasteiger partial charge is 0.229 e. The van der Waals surface area contributed by atoms with E-state index in [4.69, 9.17) is 16.3 Å². The van der Waals surface area contributed by atoms with Gasteiger partial charge in [-0.1, -0.05) is 23.7 Å². The van der Waals surface area contributed by atoms with Gasteiger partial charge in [0, 0.05) is 55.8 Å². The lowest BCUT2D eigenvalue weighted by molar-refractivity contribution is 0.0324. The number of likely N-dealkylation sites (N-methyl/N-ethyl adjacent to an activating group) is 1. The van der Waals surface area contributed by atoms with Gasteiger partial charge in [-0.25, -0.2) is 4.98 Å². The Kier molecular flexibility index (Phi) is 6.96. The van der Waals surface area contributed by atoms with Gasteiger partial charge in [-0.2, -0.15) is 4.98 Å². The lowest BCUT2D eigenvalue weighted by atomic mass is 10.0. The summed E-state index contributed by atoms with van der Waals surface area (Å²) in [6.45, 7) is 11.8. The quantitative estimate of drug-likeness (QED) is 0.422. The maximum atomic E-state index is 12.8. The first-order valence-corrected chi connectivity index (χ1v) is 16.3. The zero-order valence-corrected chi connectivity index (χ0v) is 24.5. The number of halogens is 1. The summed E-state index contributed by atoms with van der Waals surface area (Å²) in [5.74, 6) is 1.73. The van der Waals surface area contributed by atoms with Crippen LogP contribution in [-0.2, 0) is 4.57 Å². The maximum absolute atomic E-state index is 12.8. The number of piperazine rings is 1. The van der Waals surface area contributed by atoms with Crippen molar-refractivity contribution in [2.45, 2.75) is 19.0 Å². The first-order valence-electron chi connectivity index (χ1n) is 13.3. The van der Waals surface area contributed by atoms with Crippen molar-refractivity contribution >= 4 is 52.9 Å².